The van der Waals surface area contributed by atoms with Gasteiger partial charge in [-0.2, -0.15) is 0 Å². The number of hydrogen-bond donors (Lipinski definition) is 2. The molecule has 1 aromatic carbocycles. The third-order valence-electron chi connectivity index (χ3n) is 4.80. The number of likely N-dealkylation sites (tertiary alicyclic amines) is 1. The molecule has 1 aromatic heterocycles. The molecule has 8 heteroatoms. The Hall–Kier alpha value is -2.64. The topological polar surface area (TPSA) is 99.8 Å². The molecule has 2 heterocycles. The number of aromatic nitrogens is 1. The summed E-state index contributed by atoms with van der Waals surface area (Å²) in [7, 11) is 0. The van der Waals surface area contributed by atoms with Crippen LogP contribution in [0, 0.1) is 0 Å². The molecule has 0 saturated carbocycles. The van der Waals surface area contributed by atoms with Gasteiger partial charge in [0.05, 0.1) is 12.1 Å². The number of hydrogen-bond acceptors (Lipinski definition) is 4. The van der Waals surface area contributed by atoms with Crippen LogP contribution in [-0.4, -0.2) is 50.2 Å². The van der Waals surface area contributed by atoms with Crippen LogP contribution in [0.5, 0.6) is 0 Å². The molecule has 0 unspecified atom stereocenters. The molecule has 1 amide bonds. The van der Waals surface area contributed by atoms with E-state index in [9.17, 15) is 19.5 Å². The Bertz CT molecular complexity index is 932. The number of rotatable bonds is 4. The Balaban J connectivity index is 1.78. The van der Waals surface area contributed by atoms with Crippen molar-refractivity contribution < 1.29 is 19.8 Å². The van der Waals surface area contributed by atoms with E-state index >= 15 is 0 Å². The van der Waals surface area contributed by atoms with E-state index in [1.54, 1.807) is 18.2 Å². The molecule has 3 rings (SSSR count). The first-order chi connectivity index (χ1) is 12.8. The van der Waals surface area contributed by atoms with Crippen molar-refractivity contribution in [2.24, 2.45) is 0 Å². The normalized spacial score (nSPS) is 16.1. The van der Waals surface area contributed by atoms with Crippen LogP contribution in [0.1, 0.15) is 28.8 Å². The number of carbonyl (C=O) groups is 2. The molecule has 0 radical (unpaired) electrons. The zero-order valence-corrected chi connectivity index (χ0v) is 15.2. The molecule has 1 fully saturated rings. The summed E-state index contributed by atoms with van der Waals surface area (Å²) in [6.45, 7) is 0.495. The van der Waals surface area contributed by atoms with Gasteiger partial charge in [0.1, 0.15) is 0 Å². The summed E-state index contributed by atoms with van der Waals surface area (Å²) in [5.41, 5.74) is -0.970. The standard InChI is InChI=1S/C19H19ClN2O5/c20-15-4-2-1-3-13(15)11-22-12-14(5-6-16(22)23)17(24)21-9-7-19(27,8-10-21)18(25)26/h1-6,12,27H,7-11H2,(H,25,26). The van der Waals surface area contributed by atoms with Gasteiger partial charge in [-0.05, 0) is 17.7 Å². The highest BCUT2D eigenvalue weighted by atomic mass is 35.5. The Labute approximate surface area is 160 Å². The largest absolute Gasteiger partial charge is 0.479 e. The van der Waals surface area contributed by atoms with Crippen molar-refractivity contribution in [3.63, 3.8) is 0 Å². The quantitative estimate of drug-likeness (QED) is 0.826. The van der Waals surface area contributed by atoms with Gasteiger partial charge in [-0.15, -0.1) is 0 Å². The van der Waals surface area contributed by atoms with Gasteiger partial charge in [-0.1, -0.05) is 29.8 Å². The molecular weight excluding hydrogens is 372 g/mol. The van der Waals surface area contributed by atoms with Crippen molar-refractivity contribution in [2.45, 2.75) is 25.0 Å². The molecule has 7 nitrogen and oxygen atoms in total. The molecule has 1 aliphatic rings. The van der Waals surface area contributed by atoms with E-state index in [0.29, 0.717) is 10.6 Å². The van der Waals surface area contributed by atoms with E-state index in [-0.39, 0.29) is 43.9 Å². The Morgan fingerprint density at radius 1 is 1.11 bits per heavy atom. The highest BCUT2D eigenvalue weighted by Crippen LogP contribution is 2.23. The number of benzene rings is 1. The average Bonchev–Trinajstić information content (AvgIpc) is 2.65. The lowest BCUT2D eigenvalue weighted by Crippen LogP contribution is -2.50. The summed E-state index contributed by atoms with van der Waals surface area (Å²) in [5, 5.41) is 19.6. The molecule has 1 aliphatic heterocycles. The van der Waals surface area contributed by atoms with E-state index < -0.39 is 11.6 Å². The van der Waals surface area contributed by atoms with Gasteiger partial charge < -0.3 is 19.7 Å². The van der Waals surface area contributed by atoms with Crippen LogP contribution >= 0.6 is 11.6 Å². The van der Waals surface area contributed by atoms with Crippen molar-refractivity contribution in [3.8, 4) is 0 Å². The minimum absolute atomic E-state index is 0.0344. The lowest BCUT2D eigenvalue weighted by molar-refractivity contribution is -0.162. The molecule has 2 aromatic rings. The van der Waals surface area contributed by atoms with Crippen LogP contribution in [0.2, 0.25) is 5.02 Å². The van der Waals surface area contributed by atoms with Gasteiger partial charge in [0, 0.05) is 43.2 Å². The Kier molecular flexibility index (Phi) is 5.34. The molecule has 0 aliphatic carbocycles. The monoisotopic (exact) mass is 390 g/mol. The number of carboxylic acids is 1. The molecular formula is C19H19ClN2O5. The van der Waals surface area contributed by atoms with E-state index in [4.69, 9.17) is 16.7 Å². The van der Waals surface area contributed by atoms with Gasteiger partial charge in [0.2, 0.25) is 0 Å². The van der Waals surface area contributed by atoms with Crippen molar-refractivity contribution >= 4 is 23.5 Å². The number of aliphatic hydroxyl groups is 1. The molecule has 2 N–H and O–H groups in total. The highest BCUT2D eigenvalue weighted by molar-refractivity contribution is 6.31. The number of halogens is 1. The zero-order chi connectivity index (χ0) is 19.6. The number of amides is 1. The van der Waals surface area contributed by atoms with Crippen LogP contribution in [0.15, 0.2) is 47.4 Å². The molecule has 27 heavy (non-hydrogen) atoms. The van der Waals surface area contributed by atoms with E-state index in [1.807, 2.05) is 6.07 Å². The maximum atomic E-state index is 12.7. The second kappa shape index (κ2) is 7.54. The van der Waals surface area contributed by atoms with Crippen LogP contribution in [0.4, 0.5) is 0 Å². The lowest BCUT2D eigenvalue weighted by Gasteiger charge is -2.35. The molecule has 1 saturated heterocycles. The van der Waals surface area contributed by atoms with Crippen LogP contribution in [0.25, 0.3) is 0 Å². The van der Waals surface area contributed by atoms with E-state index in [1.165, 1.54) is 27.8 Å². The minimum atomic E-state index is -1.79. The van der Waals surface area contributed by atoms with Crippen molar-refractivity contribution in [2.75, 3.05) is 13.1 Å². The van der Waals surface area contributed by atoms with Crippen molar-refractivity contribution in [3.05, 3.63) is 69.1 Å². The maximum absolute atomic E-state index is 12.7. The van der Waals surface area contributed by atoms with Crippen molar-refractivity contribution in [1.29, 1.82) is 0 Å². The summed E-state index contributed by atoms with van der Waals surface area (Å²) in [4.78, 5) is 37.4. The van der Waals surface area contributed by atoms with E-state index in [2.05, 4.69) is 0 Å². The number of carboxylic acid groups (broad SMARTS) is 1. The predicted octanol–water partition coefficient (Wildman–Crippen LogP) is 1.60. The van der Waals surface area contributed by atoms with Gasteiger partial charge in [0.15, 0.2) is 5.60 Å². The first kappa shape index (κ1) is 19.1. The first-order valence-corrected chi connectivity index (χ1v) is 8.87. The second-order valence-electron chi connectivity index (χ2n) is 6.60. The first-order valence-electron chi connectivity index (χ1n) is 8.49. The van der Waals surface area contributed by atoms with Gasteiger partial charge in [-0.3, -0.25) is 9.59 Å². The summed E-state index contributed by atoms with van der Waals surface area (Å²) < 4.78 is 1.41. The van der Waals surface area contributed by atoms with Gasteiger partial charge >= 0.3 is 5.97 Å². The van der Waals surface area contributed by atoms with E-state index in [0.717, 1.165) is 5.56 Å². The van der Waals surface area contributed by atoms with Crippen LogP contribution in [-0.2, 0) is 11.3 Å². The third-order valence-corrected chi connectivity index (χ3v) is 5.17. The third kappa shape index (κ3) is 4.04. The second-order valence-corrected chi connectivity index (χ2v) is 7.01. The number of aliphatic carboxylic acids is 1. The molecule has 0 spiro atoms. The zero-order valence-electron chi connectivity index (χ0n) is 14.5. The minimum Gasteiger partial charge on any atom is -0.479 e. The fourth-order valence-electron chi connectivity index (χ4n) is 3.07. The summed E-state index contributed by atoms with van der Waals surface area (Å²) in [6, 6.07) is 9.92. The van der Waals surface area contributed by atoms with Crippen molar-refractivity contribution in [1.82, 2.24) is 9.47 Å². The summed E-state index contributed by atoms with van der Waals surface area (Å²) >= 11 is 6.14. The Morgan fingerprint density at radius 2 is 1.78 bits per heavy atom. The maximum Gasteiger partial charge on any atom is 0.335 e. The number of nitrogens with zero attached hydrogens (tertiary/aromatic N) is 2. The number of carbonyl (C=O) groups excluding carboxylic acids is 1. The number of pyridine rings is 1. The number of piperidine rings is 1. The molecule has 0 bridgehead atoms. The molecule has 0 atom stereocenters. The Morgan fingerprint density at radius 3 is 2.41 bits per heavy atom. The smallest absolute Gasteiger partial charge is 0.335 e. The summed E-state index contributed by atoms with van der Waals surface area (Å²) in [5.74, 6) is -1.58. The average molecular weight is 391 g/mol. The molecule has 142 valence electrons. The predicted molar refractivity (Wildman–Crippen MR) is 99.0 cm³/mol. The van der Waals surface area contributed by atoms with Gasteiger partial charge in [-0.25, -0.2) is 4.79 Å². The lowest BCUT2D eigenvalue weighted by atomic mass is 9.91. The van der Waals surface area contributed by atoms with Gasteiger partial charge in [0.25, 0.3) is 11.5 Å². The summed E-state index contributed by atoms with van der Waals surface area (Å²) in [6.07, 6.45) is 1.41. The van der Waals surface area contributed by atoms with Crippen LogP contribution < -0.4 is 5.56 Å². The fourth-order valence-corrected chi connectivity index (χ4v) is 3.26. The fraction of sp³-hybridized carbons (Fsp3) is 0.316. The van der Waals surface area contributed by atoms with Crippen LogP contribution in [0.3, 0.4) is 0 Å². The SMILES string of the molecule is O=C(c1ccc(=O)n(Cc2ccccc2Cl)c1)N1CCC(O)(C(=O)O)CC1. The highest BCUT2D eigenvalue weighted by Gasteiger charge is 2.40.